The van der Waals surface area contributed by atoms with E-state index in [0.29, 0.717) is 13.2 Å². The molecule has 2 N–H and O–H groups in total. The minimum atomic E-state index is 0.0886. The first-order chi connectivity index (χ1) is 6.43. The van der Waals surface area contributed by atoms with Crippen molar-refractivity contribution in [1.82, 2.24) is 0 Å². The molecule has 0 atom stereocenters. The van der Waals surface area contributed by atoms with Gasteiger partial charge in [0.2, 0.25) is 0 Å². The van der Waals surface area contributed by atoms with Crippen LogP contribution in [0.2, 0.25) is 0 Å². The molecule has 0 radical (unpaired) electrons. The zero-order valence-corrected chi connectivity index (χ0v) is 7.57. The summed E-state index contributed by atoms with van der Waals surface area (Å²) in [7, 11) is 0. The van der Waals surface area contributed by atoms with Crippen molar-refractivity contribution in [3.63, 3.8) is 0 Å². The van der Waals surface area contributed by atoms with Crippen LogP contribution in [-0.4, -0.2) is 31.5 Å². The predicted molar refractivity (Wildman–Crippen MR) is 52.8 cm³/mol. The van der Waals surface area contributed by atoms with E-state index >= 15 is 0 Å². The van der Waals surface area contributed by atoms with Crippen molar-refractivity contribution in [3.05, 3.63) is 30.3 Å². The summed E-state index contributed by atoms with van der Waals surface area (Å²) in [5, 5.41) is 11.6. The van der Waals surface area contributed by atoms with Crippen LogP contribution in [0.3, 0.4) is 0 Å². The van der Waals surface area contributed by atoms with E-state index in [9.17, 15) is 0 Å². The molecule has 0 aromatic heterocycles. The Kier molecular flexibility index (Phi) is 4.98. The van der Waals surface area contributed by atoms with E-state index in [1.165, 1.54) is 0 Å². The minimum Gasteiger partial charge on any atom is -0.394 e. The molecule has 1 aromatic carbocycles. The molecule has 3 heteroatoms. The van der Waals surface area contributed by atoms with Crippen LogP contribution in [0.25, 0.3) is 0 Å². The maximum Gasteiger partial charge on any atom is 0.0698 e. The Hall–Kier alpha value is -1.06. The molecule has 0 aliphatic rings. The van der Waals surface area contributed by atoms with Crippen molar-refractivity contribution in [2.75, 3.05) is 31.7 Å². The molecule has 0 fully saturated rings. The topological polar surface area (TPSA) is 41.5 Å². The first-order valence-electron chi connectivity index (χ1n) is 4.41. The molecule has 0 unspecified atom stereocenters. The lowest BCUT2D eigenvalue weighted by molar-refractivity contribution is 0.0992. The van der Waals surface area contributed by atoms with Gasteiger partial charge in [-0.15, -0.1) is 0 Å². The van der Waals surface area contributed by atoms with Crippen LogP contribution in [0.5, 0.6) is 0 Å². The van der Waals surface area contributed by atoms with E-state index in [1.807, 2.05) is 30.3 Å². The molecule has 0 saturated heterocycles. The third-order valence-corrected chi connectivity index (χ3v) is 1.58. The first kappa shape index (κ1) is 10.0. The molecule has 0 aliphatic heterocycles. The summed E-state index contributed by atoms with van der Waals surface area (Å²) < 4.78 is 5.09. The second-order valence-electron chi connectivity index (χ2n) is 2.63. The summed E-state index contributed by atoms with van der Waals surface area (Å²) in [6.45, 7) is 1.89. The summed E-state index contributed by atoms with van der Waals surface area (Å²) in [6.07, 6.45) is 0. The highest BCUT2D eigenvalue weighted by molar-refractivity contribution is 5.42. The Morgan fingerprint density at radius 2 is 1.92 bits per heavy atom. The average Bonchev–Trinajstić information content (AvgIpc) is 2.19. The fourth-order valence-electron chi connectivity index (χ4n) is 0.990. The number of aliphatic hydroxyl groups is 1. The fraction of sp³-hybridized carbons (Fsp3) is 0.400. The summed E-state index contributed by atoms with van der Waals surface area (Å²) in [4.78, 5) is 0. The highest BCUT2D eigenvalue weighted by Gasteiger charge is 1.88. The molecular formula is C10H15NO2. The van der Waals surface area contributed by atoms with Crippen LogP contribution in [0, 0.1) is 0 Å². The maximum atomic E-state index is 8.44. The smallest absolute Gasteiger partial charge is 0.0698 e. The van der Waals surface area contributed by atoms with Gasteiger partial charge in [-0.3, -0.25) is 0 Å². The number of ether oxygens (including phenoxy) is 1. The van der Waals surface area contributed by atoms with E-state index in [1.54, 1.807) is 0 Å². The Bertz CT molecular complexity index is 213. The second kappa shape index (κ2) is 6.46. The summed E-state index contributed by atoms with van der Waals surface area (Å²) in [6, 6.07) is 9.96. The van der Waals surface area contributed by atoms with E-state index < -0.39 is 0 Å². The molecule has 0 spiro atoms. The molecular weight excluding hydrogens is 166 g/mol. The van der Waals surface area contributed by atoms with E-state index in [-0.39, 0.29) is 6.61 Å². The van der Waals surface area contributed by atoms with E-state index in [0.717, 1.165) is 12.2 Å². The predicted octanol–water partition coefficient (Wildman–Crippen LogP) is 1.11. The summed E-state index contributed by atoms with van der Waals surface area (Å²) in [5.41, 5.74) is 1.09. The molecule has 0 heterocycles. The Labute approximate surface area is 78.3 Å². The van der Waals surface area contributed by atoms with Crippen molar-refractivity contribution in [2.45, 2.75) is 0 Å². The minimum absolute atomic E-state index is 0.0886. The number of nitrogens with one attached hydrogen (secondary N) is 1. The number of para-hydroxylation sites is 1. The number of hydrogen-bond acceptors (Lipinski definition) is 3. The third kappa shape index (κ3) is 4.50. The zero-order chi connectivity index (χ0) is 9.36. The van der Waals surface area contributed by atoms with Crippen LogP contribution >= 0.6 is 0 Å². The van der Waals surface area contributed by atoms with E-state index in [4.69, 9.17) is 9.84 Å². The third-order valence-electron chi connectivity index (χ3n) is 1.58. The molecule has 0 amide bonds. The normalized spacial score (nSPS) is 9.92. The number of rotatable bonds is 6. The Balaban J connectivity index is 2.07. The van der Waals surface area contributed by atoms with Crippen molar-refractivity contribution >= 4 is 5.69 Å². The molecule has 1 aromatic rings. The van der Waals surface area contributed by atoms with Gasteiger partial charge in [0.05, 0.1) is 19.8 Å². The molecule has 0 bridgehead atoms. The van der Waals surface area contributed by atoms with Crippen LogP contribution < -0.4 is 5.32 Å². The molecule has 1 rings (SSSR count). The SMILES string of the molecule is OCCOCCNc1ccccc1. The highest BCUT2D eigenvalue weighted by atomic mass is 16.5. The van der Waals surface area contributed by atoms with Gasteiger partial charge in [0, 0.05) is 12.2 Å². The fourth-order valence-corrected chi connectivity index (χ4v) is 0.990. The summed E-state index contributed by atoms with van der Waals surface area (Å²) >= 11 is 0. The van der Waals surface area contributed by atoms with Gasteiger partial charge in [-0.05, 0) is 12.1 Å². The monoisotopic (exact) mass is 181 g/mol. The standard InChI is InChI=1S/C10H15NO2/c12-7-9-13-8-6-11-10-4-2-1-3-5-10/h1-5,11-12H,6-9H2. The number of aliphatic hydroxyl groups excluding tert-OH is 1. The average molecular weight is 181 g/mol. The van der Waals surface area contributed by atoms with Crippen LogP contribution in [0.1, 0.15) is 0 Å². The zero-order valence-electron chi connectivity index (χ0n) is 7.57. The van der Waals surface area contributed by atoms with Crippen molar-refractivity contribution in [1.29, 1.82) is 0 Å². The first-order valence-corrected chi connectivity index (χ1v) is 4.41. The van der Waals surface area contributed by atoms with Gasteiger partial charge >= 0.3 is 0 Å². The van der Waals surface area contributed by atoms with Gasteiger partial charge in [0.1, 0.15) is 0 Å². The molecule has 13 heavy (non-hydrogen) atoms. The Morgan fingerprint density at radius 1 is 1.15 bits per heavy atom. The maximum absolute atomic E-state index is 8.44. The van der Waals surface area contributed by atoms with Gasteiger partial charge < -0.3 is 15.2 Å². The number of anilines is 1. The highest BCUT2D eigenvalue weighted by Crippen LogP contribution is 2.03. The molecule has 0 aliphatic carbocycles. The van der Waals surface area contributed by atoms with E-state index in [2.05, 4.69) is 5.32 Å². The van der Waals surface area contributed by atoms with Crippen molar-refractivity contribution < 1.29 is 9.84 Å². The van der Waals surface area contributed by atoms with Crippen molar-refractivity contribution in [2.24, 2.45) is 0 Å². The molecule has 0 saturated carbocycles. The van der Waals surface area contributed by atoms with Crippen molar-refractivity contribution in [3.8, 4) is 0 Å². The van der Waals surface area contributed by atoms with Crippen LogP contribution in [0.4, 0.5) is 5.69 Å². The molecule has 72 valence electrons. The van der Waals surface area contributed by atoms with Gasteiger partial charge in [-0.2, -0.15) is 0 Å². The summed E-state index contributed by atoms with van der Waals surface area (Å²) in [5.74, 6) is 0. The lowest BCUT2D eigenvalue weighted by atomic mass is 10.3. The molecule has 3 nitrogen and oxygen atoms in total. The van der Waals surface area contributed by atoms with Gasteiger partial charge in [0.25, 0.3) is 0 Å². The Morgan fingerprint density at radius 3 is 2.62 bits per heavy atom. The largest absolute Gasteiger partial charge is 0.394 e. The van der Waals surface area contributed by atoms with Crippen LogP contribution in [0.15, 0.2) is 30.3 Å². The van der Waals surface area contributed by atoms with Gasteiger partial charge in [-0.25, -0.2) is 0 Å². The lowest BCUT2D eigenvalue weighted by Gasteiger charge is -2.05. The number of hydrogen-bond donors (Lipinski definition) is 2. The van der Waals surface area contributed by atoms with Gasteiger partial charge in [-0.1, -0.05) is 18.2 Å². The second-order valence-corrected chi connectivity index (χ2v) is 2.63. The lowest BCUT2D eigenvalue weighted by Crippen LogP contribution is -2.11. The quantitative estimate of drug-likeness (QED) is 0.646. The van der Waals surface area contributed by atoms with Crippen LogP contribution in [-0.2, 0) is 4.74 Å². The van der Waals surface area contributed by atoms with Gasteiger partial charge in [0.15, 0.2) is 0 Å². The number of benzene rings is 1.